The van der Waals surface area contributed by atoms with Crippen molar-refractivity contribution in [1.82, 2.24) is 0 Å². The van der Waals surface area contributed by atoms with E-state index in [1.807, 2.05) is 13.8 Å². The highest BCUT2D eigenvalue weighted by Gasteiger charge is 2.53. The molecule has 7 N–H and O–H groups in total. The normalized spacial score (nSPS) is 41.8. The van der Waals surface area contributed by atoms with E-state index >= 15 is 0 Å². The molecule has 0 aromatic rings. The summed E-state index contributed by atoms with van der Waals surface area (Å²) in [6, 6.07) is 0. The molecular weight excluding hydrogens is 480 g/mol. The first-order valence-corrected chi connectivity index (χ1v) is 12.3. The first-order valence-electron chi connectivity index (χ1n) is 12.3. The van der Waals surface area contributed by atoms with Gasteiger partial charge in [0, 0.05) is 6.42 Å². The Balaban J connectivity index is 1.69. The van der Waals surface area contributed by atoms with Crippen molar-refractivity contribution in [1.29, 1.82) is 0 Å². The van der Waals surface area contributed by atoms with E-state index < -0.39 is 74.6 Å². The number of aliphatic hydroxyl groups is 7. The van der Waals surface area contributed by atoms with Crippen LogP contribution in [0, 0.1) is 11.3 Å². The highest BCUT2D eigenvalue weighted by Crippen LogP contribution is 2.42. The first-order chi connectivity index (χ1) is 16.9. The third kappa shape index (κ3) is 6.16. The fraction of sp³-hybridized carbons (Fsp3) is 0.875. The summed E-state index contributed by atoms with van der Waals surface area (Å²) in [5.41, 5.74) is -1.63. The fourth-order valence-electron chi connectivity index (χ4n) is 5.24. The van der Waals surface area contributed by atoms with Crippen molar-refractivity contribution in [2.45, 2.75) is 94.8 Å². The van der Waals surface area contributed by atoms with Crippen molar-refractivity contribution in [2.75, 3.05) is 26.4 Å². The van der Waals surface area contributed by atoms with Gasteiger partial charge in [-0.25, -0.2) is 0 Å². The van der Waals surface area contributed by atoms with E-state index in [0.29, 0.717) is 24.8 Å². The van der Waals surface area contributed by atoms with Crippen molar-refractivity contribution in [3.8, 4) is 0 Å². The first kappa shape index (κ1) is 29.5. The maximum absolute atomic E-state index is 12.0. The minimum absolute atomic E-state index is 0.0211. The molecule has 36 heavy (non-hydrogen) atoms. The number of hydrogen-bond donors (Lipinski definition) is 7. The zero-order valence-corrected chi connectivity index (χ0v) is 20.9. The molecule has 2 aliphatic heterocycles. The number of ether oxygens (including phenoxy) is 4. The Kier molecular flexibility index (Phi) is 9.67. The molecule has 1 unspecified atom stereocenters. The molecule has 1 aliphatic carbocycles. The summed E-state index contributed by atoms with van der Waals surface area (Å²) in [7, 11) is 0. The molecule has 3 aliphatic rings. The van der Waals surface area contributed by atoms with Gasteiger partial charge in [-0.2, -0.15) is 0 Å². The second kappa shape index (κ2) is 11.8. The average Bonchev–Trinajstić information content (AvgIpc) is 3.10. The quantitative estimate of drug-likeness (QED) is 0.167. The predicted octanol–water partition coefficient (Wildman–Crippen LogP) is -2.03. The lowest BCUT2D eigenvalue weighted by Crippen LogP contribution is -2.62. The van der Waals surface area contributed by atoms with Crippen molar-refractivity contribution in [3.63, 3.8) is 0 Å². The van der Waals surface area contributed by atoms with Crippen molar-refractivity contribution >= 4 is 5.78 Å². The molecule has 2 heterocycles. The molecule has 12 heteroatoms. The van der Waals surface area contributed by atoms with E-state index in [1.165, 1.54) is 6.08 Å². The van der Waals surface area contributed by atoms with Crippen molar-refractivity contribution < 1.29 is 59.5 Å². The highest BCUT2D eigenvalue weighted by molar-refractivity contribution is 5.92. The van der Waals surface area contributed by atoms with E-state index in [0.717, 1.165) is 0 Å². The number of hydrogen-bond acceptors (Lipinski definition) is 12. The number of ketones is 1. The van der Waals surface area contributed by atoms with Crippen LogP contribution in [0.25, 0.3) is 0 Å². The van der Waals surface area contributed by atoms with Crippen LogP contribution in [0.5, 0.6) is 0 Å². The van der Waals surface area contributed by atoms with Gasteiger partial charge in [0.1, 0.15) is 36.1 Å². The van der Waals surface area contributed by atoms with Gasteiger partial charge < -0.3 is 54.7 Å². The molecular formula is C24H40O12. The molecule has 0 bridgehead atoms. The van der Waals surface area contributed by atoms with Crippen LogP contribution in [0.4, 0.5) is 0 Å². The molecule has 0 radical (unpaired) electrons. The molecule has 0 spiro atoms. The number of carbonyl (C=O) groups is 1. The van der Waals surface area contributed by atoms with Crippen LogP contribution < -0.4 is 0 Å². The standard InChI is InChI=1S/C24H40O12/c1-12(4-5-15-13(8-25)6-14(28)7-23(15,2)3)34-21-19(18(30)17(29)16(9-26)35-21)36-22-20(31)24(32,10-27)11-33-22/h6,12,15-22,25-27,29-32H,4-5,7-11H2,1-3H3/t12?,15-,16+,17+,18-,19+,20-,21+,22-,24+/m0/s1. The van der Waals surface area contributed by atoms with Gasteiger partial charge >= 0.3 is 0 Å². The smallest absolute Gasteiger partial charge is 0.187 e. The Morgan fingerprint density at radius 3 is 2.42 bits per heavy atom. The van der Waals surface area contributed by atoms with Crippen LogP contribution in [-0.2, 0) is 23.7 Å². The van der Waals surface area contributed by atoms with Gasteiger partial charge in [0.2, 0.25) is 0 Å². The Bertz CT molecular complexity index is 787. The van der Waals surface area contributed by atoms with Crippen molar-refractivity contribution in [3.05, 3.63) is 11.6 Å². The molecule has 3 rings (SSSR count). The second-order valence-corrected chi connectivity index (χ2v) is 10.8. The van der Waals surface area contributed by atoms with Crippen molar-refractivity contribution in [2.24, 2.45) is 11.3 Å². The summed E-state index contributed by atoms with van der Waals surface area (Å²) in [5.74, 6) is -0.0754. The summed E-state index contributed by atoms with van der Waals surface area (Å²) in [5, 5.41) is 70.3. The molecule has 0 aromatic carbocycles. The minimum atomic E-state index is -1.95. The lowest BCUT2D eigenvalue weighted by molar-refractivity contribution is -0.342. The predicted molar refractivity (Wildman–Crippen MR) is 122 cm³/mol. The van der Waals surface area contributed by atoms with Gasteiger partial charge in [-0.05, 0) is 42.7 Å². The summed E-state index contributed by atoms with van der Waals surface area (Å²) in [6.07, 6.45) is -7.51. The maximum atomic E-state index is 12.0. The Labute approximate surface area is 210 Å². The minimum Gasteiger partial charge on any atom is -0.394 e. The molecule has 0 amide bonds. The lowest BCUT2D eigenvalue weighted by Gasteiger charge is -2.43. The third-order valence-electron chi connectivity index (χ3n) is 7.47. The summed E-state index contributed by atoms with van der Waals surface area (Å²) >= 11 is 0. The lowest BCUT2D eigenvalue weighted by atomic mass is 9.66. The molecule has 208 valence electrons. The van der Waals surface area contributed by atoms with Gasteiger partial charge in [-0.3, -0.25) is 4.79 Å². The summed E-state index contributed by atoms with van der Waals surface area (Å²) < 4.78 is 22.6. The highest BCUT2D eigenvalue weighted by atomic mass is 16.8. The molecule has 0 aromatic heterocycles. The maximum Gasteiger partial charge on any atom is 0.187 e. The Morgan fingerprint density at radius 1 is 1.14 bits per heavy atom. The van der Waals surface area contributed by atoms with Crippen LogP contribution in [0.15, 0.2) is 11.6 Å². The van der Waals surface area contributed by atoms with E-state index in [-0.39, 0.29) is 23.7 Å². The Hall–Kier alpha value is -1.03. The summed E-state index contributed by atoms with van der Waals surface area (Å²) in [6.45, 7) is 3.70. The topological polar surface area (TPSA) is 196 Å². The van der Waals surface area contributed by atoms with Gasteiger partial charge in [0.15, 0.2) is 18.4 Å². The zero-order valence-electron chi connectivity index (χ0n) is 20.9. The third-order valence-corrected chi connectivity index (χ3v) is 7.47. The number of aliphatic hydroxyl groups excluding tert-OH is 6. The van der Waals surface area contributed by atoms with E-state index in [2.05, 4.69) is 0 Å². The average molecular weight is 521 g/mol. The van der Waals surface area contributed by atoms with E-state index in [9.17, 15) is 40.5 Å². The fourth-order valence-corrected chi connectivity index (χ4v) is 5.24. The van der Waals surface area contributed by atoms with Gasteiger partial charge in [0.05, 0.1) is 32.5 Å². The molecule has 12 nitrogen and oxygen atoms in total. The van der Waals surface area contributed by atoms with E-state index in [1.54, 1.807) is 6.92 Å². The second-order valence-electron chi connectivity index (χ2n) is 10.8. The van der Waals surface area contributed by atoms with Crippen LogP contribution in [-0.4, -0.2) is 123 Å². The number of allylic oxidation sites excluding steroid dienone is 1. The van der Waals surface area contributed by atoms with E-state index in [4.69, 9.17) is 18.9 Å². The summed E-state index contributed by atoms with van der Waals surface area (Å²) in [4.78, 5) is 12.0. The van der Waals surface area contributed by atoms with Gasteiger partial charge in [0.25, 0.3) is 0 Å². The molecule has 2 saturated heterocycles. The molecule has 2 fully saturated rings. The largest absolute Gasteiger partial charge is 0.394 e. The van der Waals surface area contributed by atoms with Crippen LogP contribution in [0.2, 0.25) is 0 Å². The number of carbonyl (C=O) groups excluding carboxylic acids is 1. The molecule has 10 atom stereocenters. The zero-order chi connectivity index (χ0) is 26.8. The van der Waals surface area contributed by atoms with Gasteiger partial charge in [-0.15, -0.1) is 0 Å². The monoisotopic (exact) mass is 520 g/mol. The van der Waals surface area contributed by atoms with Crippen LogP contribution in [0.3, 0.4) is 0 Å². The molecule has 0 saturated carbocycles. The van der Waals surface area contributed by atoms with Crippen LogP contribution in [0.1, 0.15) is 40.0 Å². The van der Waals surface area contributed by atoms with Crippen LogP contribution >= 0.6 is 0 Å². The Morgan fingerprint density at radius 2 is 1.83 bits per heavy atom. The SMILES string of the molecule is CC(CC[C@H]1C(CO)=CC(=O)CC1(C)C)O[C@@H]1O[C@H](CO)[C@@H](O)[C@H](O)[C@H]1O[C@@H]1OC[C@](O)(CO)[C@H]1O. The van der Waals surface area contributed by atoms with Gasteiger partial charge in [-0.1, -0.05) is 13.8 Å². The number of rotatable bonds is 10.